The molecule has 2 aromatic carbocycles. The third kappa shape index (κ3) is 5.63. The molecule has 2 amide bonds. The van der Waals surface area contributed by atoms with Crippen LogP contribution in [0.25, 0.3) is 11.6 Å². The maximum atomic E-state index is 13.6. The van der Waals surface area contributed by atoms with Gasteiger partial charge in [0.1, 0.15) is 0 Å². The monoisotopic (exact) mass is 626 g/mol. The van der Waals surface area contributed by atoms with Crippen LogP contribution in [0, 0.1) is 6.92 Å². The normalized spacial score (nSPS) is 19.0. The Morgan fingerprint density at radius 1 is 1.02 bits per heavy atom. The third-order valence-electron chi connectivity index (χ3n) is 8.44. The zero-order valence-corrected chi connectivity index (χ0v) is 25.6. The average molecular weight is 628 g/mol. The van der Waals surface area contributed by atoms with Crippen molar-refractivity contribution in [3.63, 3.8) is 0 Å². The van der Waals surface area contributed by atoms with E-state index in [0.29, 0.717) is 47.2 Å². The van der Waals surface area contributed by atoms with E-state index in [4.69, 9.17) is 23.2 Å². The van der Waals surface area contributed by atoms with E-state index in [2.05, 4.69) is 15.2 Å². The molecule has 8 nitrogen and oxygen atoms in total. The van der Waals surface area contributed by atoms with E-state index in [1.165, 1.54) is 25.0 Å². The molecule has 4 heterocycles. The highest BCUT2D eigenvalue weighted by atomic mass is 35.5. The van der Waals surface area contributed by atoms with Crippen LogP contribution in [0.15, 0.2) is 47.4 Å². The van der Waals surface area contributed by atoms with Gasteiger partial charge in [-0.1, -0.05) is 29.3 Å². The minimum Gasteiger partial charge on any atom is -0.358 e. The molecule has 0 aliphatic carbocycles. The van der Waals surface area contributed by atoms with Crippen molar-refractivity contribution in [2.24, 2.45) is 0 Å². The lowest BCUT2D eigenvalue weighted by Gasteiger charge is -2.36. The standard InChI is InChI=1S/C31H32Cl2N4O4S/c1-19-15-24(31(39)37-13-9-20(10-14-37)36-11-2-3-12-36)29(34-19)17-23-22-16-21(7-8-28(22)35-30(23)38)42(40,41)18-25-26(32)5-4-6-27(25)33/h4-8,15-17,20,34H,2-3,9-14,18H2,1H3,(H,35,38)/b23-17-. The Bertz CT molecular complexity index is 1680. The summed E-state index contributed by atoms with van der Waals surface area (Å²) in [5.74, 6) is -0.823. The molecule has 3 aromatic rings. The number of amides is 2. The smallest absolute Gasteiger partial charge is 0.256 e. The van der Waals surface area contributed by atoms with E-state index in [0.717, 1.165) is 31.6 Å². The molecule has 0 bridgehead atoms. The molecule has 0 unspecified atom stereocenters. The Morgan fingerprint density at radius 2 is 1.71 bits per heavy atom. The van der Waals surface area contributed by atoms with E-state index in [9.17, 15) is 18.0 Å². The van der Waals surface area contributed by atoms with Gasteiger partial charge in [-0.3, -0.25) is 9.59 Å². The number of sulfone groups is 1. The largest absolute Gasteiger partial charge is 0.358 e. The van der Waals surface area contributed by atoms with E-state index in [-0.39, 0.29) is 38.1 Å². The highest BCUT2D eigenvalue weighted by Crippen LogP contribution is 2.37. The van der Waals surface area contributed by atoms with Crippen LogP contribution in [0.5, 0.6) is 0 Å². The van der Waals surface area contributed by atoms with E-state index in [1.54, 1.807) is 30.3 Å². The van der Waals surface area contributed by atoms with Gasteiger partial charge >= 0.3 is 0 Å². The lowest BCUT2D eigenvalue weighted by atomic mass is 10.0. The molecule has 0 atom stereocenters. The fraction of sp³-hybridized carbons (Fsp3) is 0.355. The zero-order chi connectivity index (χ0) is 29.6. The summed E-state index contributed by atoms with van der Waals surface area (Å²) < 4.78 is 26.8. The second kappa shape index (κ2) is 11.5. The summed E-state index contributed by atoms with van der Waals surface area (Å²) in [5, 5.41) is 3.34. The minimum absolute atomic E-state index is 0.0412. The zero-order valence-electron chi connectivity index (χ0n) is 23.3. The quantitative estimate of drug-likeness (QED) is 0.337. The first-order valence-electron chi connectivity index (χ1n) is 14.2. The average Bonchev–Trinajstić information content (AvgIpc) is 3.70. The van der Waals surface area contributed by atoms with Crippen LogP contribution in [0.3, 0.4) is 0 Å². The number of benzene rings is 2. The second-order valence-corrected chi connectivity index (χ2v) is 14.0. The van der Waals surface area contributed by atoms with E-state index < -0.39 is 9.84 Å². The number of hydrogen-bond donors (Lipinski definition) is 2. The van der Waals surface area contributed by atoms with Crippen molar-refractivity contribution in [3.8, 4) is 0 Å². The van der Waals surface area contributed by atoms with Crippen LogP contribution in [-0.4, -0.2) is 67.2 Å². The molecule has 42 heavy (non-hydrogen) atoms. The summed E-state index contributed by atoms with van der Waals surface area (Å²) in [5.41, 5.74) is 3.36. The van der Waals surface area contributed by atoms with Crippen molar-refractivity contribution in [2.75, 3.05) is 31.5 Å². The number of aromatic nitrogens is 1. The maximum Gasteiger partial charge on any atom is 0.256 e. The van der Waals surface area contributed by atoms with Gasteiger partial charge in [-0.25, -0.2) is 8.42 Å². The third-order valence-corrected chi connectivity index (χ3v) is 10.8. The number of halogens is 2. The van der Waals surface area contributed by atoms with Crippen molar-refractivity contribution < 1.29 is 18.0 Å². The van der Waals surface area contributed by atoms with Gasteiger partial charge in [-0.2, -0.15) is 0 Å². The second-order valence-electron chi connectivity index (χ2n) is 11.2. The minimum atomic E-state index is -3.84. The molecule has 6 rings (SSSR count). The van der Waals surface area contributed by atoms with E-state index >= 15 is 0 Å². The molecule has 2 fully saturated rings. The lowest BCUT2D eigenvalue weighted by molar-refractivity contribution is -0.110. The van der Waals surface area contributed by atoms with Crippen molar-refractivity contribution >= 4 is 62.2 Å². The van der Waals surface area contributed by atoms with Gasteiger partial charge in [0.15, 0.2) is 9.84 Å². The number of aromatic amines is 1. The molecule has 2 saturated heterocycles. The molecule has 1 aromatic heterocycles. The number of nitrogens with one attached hydrogen (secondary N) is 2. The number of aryl methyl sites for hydroxylation is 1. The van der Waals surface area contributed by atoms with Gasteiger partial charge in [-0.15, -0.1) is 0 Å². The molecule has 0 spiro atoms. The van der Waals surface area contributed by atoms with Gasteiger partial charge in [0.2, 0.25) is 0 Å². The number of anilines is 1. The Hall–Kier alpha value is -3.11. The number of piperidine rings is 1. The number of fused-ring (bicyclic) bond motifs is 1. The van der Waals surface area contributed by atoms with Crippen LogP contribution in [0.4, 0.5) is 5.69 Å². The number of likely N-dealkylation sites (tertiary alicyclic amines) is 2. The first-order valence-corrected chi connectivity index (χ1v) is 16.6. The van der Waals surface area contributed by atoms with Gasteiger partial charge in [0.25, 0.3) is 11.8 Å². The van der Waals surface area contributed by atoms with Crippen molar-refractivity contribution in [1.82, 2.24) is 14.8 Å². The summed E-state index contributed by atoms with van der Waals surface area (Å²) in [7, 11) is -3.84. The van der Waals surface area contributed by atoms with Crippen LogP contribution in [0.2, 0.25) is 10.0 Å². The summed E-state index contributed by atoms with van der Waals surface area (Å²) in [6.45, 7) is 5.55. The summed E-state index contributed by atoms with van der Waals surface area (Å²) in [6, 6.07) is 11.7. The SMILES string of the molecule is Cc1cc(C(=O)N2CCC(N3CCCC3)CC2)c(/C=C2\C(=O)Nc3ccc(S(=O)(=O)Cc4c(Cl)cccc4Cl)cc32)[nH]1. The Labute approximate surface area is 255 Å². The van der Waals surface area contributed by atoms with Crippen LogP contribution in [-0.2, 0) is 20.4 Å². The van der Waals surface area contributed by atoms with E-state index in [1.807, 2.05) is 17.9 Å². The fourth-order valence-electron chi connectivity index (χ4n) is 6.20. The molecule has 11 heteroatoms. The van der Waals surface area contributed by atoms with Gasteiger partial charge in [0, 0.05) is 51.7 Å². The number of hydrogen-bond acceptors (Lipinski definition) is 5. The first-order chi connectivity index (χ1) is 20.1. The number of carbonyl (C=O) groups is 2. The van der Waals surface area contributed by atoms with Crippen LogP contribution in [0.1, 0.15) is 58.6 Å². The van der Waals surface area contributed by atoms with Crippen molar-refractivity contribution in [3.05, 3.63) is 80.6 Å². The number of H-pyrrole nitrogens is 1. The number of nitrogens with zero attached hydrogens (tertiary/aromatic N) is 2. The van der Waals surface area contributed by atoms with Gasteiger partial charge < -0.3 is 20.1 Å². The topological polar surface area (TPSA) is 103 Å². The van der Waals surface area contributed by atoms with Crippen molar-refractivity contribution in [2.45, 2.75) is 49.3 Å². The summed E-state index contributed by atoms with van der Waals surface area (Å²) in [6.07, 6.45) is 6.05. The molecule has 0 radical (unpaired) electrons. The molecular weight excluding hydrogens is 595 g/mol. The molecule has 3 aliphatic heterocycles. The summed E-state index contributed by atoms with van der Waals surface area (Å²) >= 11 is 12.5. The Kier molecular flexibility index (Phi) is 7.95. The number of carbonyl (C=O) groups excluding carboxylic acids is 2. The Morgan fingerprint density at radius 3 is 2.40 bits per heavy atom. The van der Waals surface area contributed by atoms with Gasteiger partial charge in [0.05, 0.1) is 27.5 Å². The Balaban J connectivity index is 1.27. The van der Waals surface area contributed by atoms with Crippen LogP contribution >= 0.6 is 23.2 Å². The maximum absolute atomic E-state index is 13.6. The predicted molar refractivity (Wildman–Crippen MR) is 166 cm³/mol. The first kappa shape index (κ1) is 29.0. The summed E-state index contributed by atoms with van der Waals surface area (Å²) in [4.78, 5) is 34.4. The molecule has 0 saturated carbocycles. The highest BCUT2D eigenvalue weighted by molar-refractivity contribution is 7.90. The van der Waals surface area contributed by atoms with Gasteiger partial charge in [-0.05, 0) is 88.2 Å². The number of rotatable bonds is 6. The molecule has 3 aliphatic rings. The fourth-order valence-corrected chi connectivity index (χ4v) is 8.32. The molecular formula is C31H32Cl2N4O4S. The lowest BCUT2D eigenvalue weighted by Crippen LogP contribution is -2.46. The molecule has 2 N–H and O–H groups in total. The van der Waals surface area contributed by atoms with Crippen molar-refractivity contribution in [1.29, 1.82) is 0 Å². The highest BCUT2D eigenvalue weighted by Gasteiger charge is 2.31. The predicted octanol–water partition coefficient (Wildman–Crippen LogP) is 5.80. The van der Waals surface area contributed by atoms with Crippen LogP contribution < -0.4 is 5.32 Å². The molecule has 220 valence electrons.